The Morgan fingerprint density at radius 3 is 1.88 bits per heavy atom. The van der Waals surface area contributed by atoms with Crippen LogP contribution in [0.15, 0.2) is 24.3 Å². The van der Waals surface area contributed by atoms with E-state index in [-0.39, 0.29) is 0 Å². The second kappa shape index (κ2) is 8.35. The number of aryl methyl sites for hydroxylation is 2. The van der Waals surface area contributed by atoms with Gasteiger partial charge in [-0.05, 0) is 49.8 Å². The summed E-state index contributed by atoms with van der Waals surface area (Å²) in [6.45, 7) is 3.07. The van der Waals surface area contributed by atoms with Gasteiger partial charge in [0.25, 0.3) is 0 Å². The van der Waals surface area contributed by atoms with Crippen LogP contribution in [0.3, 0.4) is 0 Å². The molecule has 1 rings (SSSR count). The van der Waals surface area contributed by atoms with Crippen molar-refractivity contribution in [2.75, 3.05) is 6.54 Å². The lowest BCUT2D eigenvalue weighted by molar-refractivity contribution is 0.686. The Morgan fingerprint density at radius 2 is 1.38 bits per heavy atom. The lowest BCUT2D eigenvalue weighted by Crippen LogP contribution is -1.98. The molecule has 1 aromatic carbocycles. The summed E-state index contributed by atoms with van der Waals surface area (Å²) in [4.78, 5) is 0. The fourth-order valence-corrected chi connectivity index (χ4v) is 1.90. The highest BCUT2D eigenvalue weighted by Gasteiger charge is 1.95. The number of rotatable bonds is 8. The van der Waals surface area contributed by atoms with E-state index < -0.39 is 0 Å². The molecule has 1 heteroatoms. The molecule has 0 saturated carbocycles. The third-order valence-electron chi connectivity index (χ3n) is 3.01. The molecule has 0 aliphatic carbocycles. The maximum atomic E-state index is 5.47. The standard InChI is InChI=1S/C15H25N/c1-2-3-7-14-9-11-15(12-10-14)8-5-4-6-13-16/h9-12H,2-8,13,16H2,1H3. The molecule has 16 heavy (non-hydrogen) atoms. The van der Waals surface area contributed by atoms with Crippen LogP contribution in [0.1, 0.15) is 50.2 Å². The van der Waals surface area contributed by atoms with Gasteiger partial charge in [0.2, 0.25) is 0 Å². The van der Waals surface area contributed by atoms with Crippen molar-refractivity contribution in [3.8, 4) is 0 Å². The molecular formula is C15H25N. The van der Waals surface area contributed by atoms with Crippen molar-refractivity contribution in [3.05, 3.63) is 35.4 Å². The van der Waals surface area contributed by atoms with Crippen LogP contribution >= 0.6 is 0 Å². The zero-order valence-electron chi connectivity index (χ0n) is 10.5. The van der Waals surface area contributed by atoms with E-state index in [0.717, 1.165) is 13.0 Å². The molecule has 0 atom stereocenters. The quantitative estimate of drug-likeness (QED) is 0.663. The van der Waals surface area contributed by atoms with Crippen LogP contribution in [-0.4, -0.2) is 6.54 Å². The van der Waals surface area contributed by atoms with Crippen LogP contribution in [0.5, 0.6) is 0 Å². The fourth-order valence-electron chi connectivity index (χ4n) is 1.90. The summed E-state index contributed by atoms with van der Waals surface area (Å²) >= 11 is 0. The minimum Gasteiger partial charge on any atom is -0.330 e. The molecule has 0 radical (unpaired) electrons. The maximum absolute atomic E-state index is 5.47. The van der Waals surface area contributed by atoms with Gasteiger partial charge in [-0.2, -0.15) is 0 Å². The zero-order valence-corrected chi connectivity index (χ0v) is 10.5. The Morgan fingerprint density at radius 1 is 0.812 bits per heavy atom. The first kappa shape index (κ1) is 13.2. The molecule has 0 aromatic heterocycles. The Labute approximate surface area is 100 Å². The van der Waals surface area contributed by atoms with Crippen LogP contribution in [-0.2, 0) is 12.8 Å². The van der Waals surface area contributed by atoms with Crippen LogP contribution < -0.4 is 5.73 Å². The molecule has 0 heterocycles. The second-order valence-corrected chi connectivity index (χ2v) is 4.52. The minimum absolute atomic E-state index is 0.829. The summed E-state index contributed by atoms with van der Waals surface area (Å²) in [5.74, 6) is 0. The van der Waals surface area contributed by atoms with E-state index in [4.69, 9.17) is 5.73 Å². The van der Waals surface area contributed by atoms with Gasteiger partial charge in [0.05, 0.1) is 0 Å². The van der Waals surface area contributed by atoms with Crippen molar-refractivity contribution in [2.24, 2.45) is 5.73 Å². The van der Waals surface area contributed by atoms with Gasteiger partial charge in [-0.25, -0.2) is 0 Å². The van der Waals surface area contributed by atoms with E-state index in [9.17, 15) is 0 Å². The maximum Gasteiger partial charge on any atom is -0.00773 e. The van der Waals surface area contributed by atoms with Gasteiger partial charge in [-0.3, -0.25) is 0 Å². The summed E-state index contributed by atoms with van der Waals surface area (Å²) in [5.41, 5.74) is 8.42. The van der Waals surface area contributed by atoms with E-state index >= 15 is 0 Å². The number of nitrogens with two attached hydrogens (primary N) is 1. The zero-order chi connectivity index (χ0) is 11.6. The number of hydrogen-bond acceptors (Lipinski definition) is 1. The Hall–Kier alpha value is -0.820. The van der Waals surface area contributed by atoms with E-state index in [0.29, 0.717) is 0 Å². The van der Waals surface area contributed by atoms with Crippen molar-refractivity contribution < 1.29 is 0 Å². The minimum atomic E-state index is 0.829. The molecule has 0 fully saturated rings. The van der Waals surface area contributed by atoms with Gasteiger partial charge >= 0.3 is 0 Å². The monoisotopic (exact) mass is 219 g/mol. The highest BCUT2D eigenvalue weighted by atomic mass is 14.5. The van der Waals surface area contributed by atoms with Crippen molar-refractivity contribution in [1.82, 2.24) is 0 Å². The van der Waals surface area contributed by atoms with Gasteiger partial charge in [-0.15, -0.1) is 0 Å². The number of benzene rings is 1. The van der Waals surface area contributed by atoms with E-state index in [1.165, 1.54) is 49.7 Å². The normalized spacial score (nSPS) is 10.6. The van der Waals surface area contributed by atoms with Crippen molar-refractivity contribution in [1.29, 1.82) is 0 Å². The third-order valence-corrected chi connectivity index (χ3v) is 3.01. The topological polar surface area (TPSA) is 26.0 Å². The van der Waals surface area contributed by atoms with Crippen molar-refractivity contribution in [3.63, 3.8) is 0 Å². The lowest BCUT2D eigenvalue weighted by atomic mass is 10.0. The van der Waals surface area contributed by atoms with E-state index in [2.05, 4.69) is 31.2 Å². The molecule has 1 aromatic rings. The number of unbranched alkanes of at least 4 members (excludes halogenated alkanes) is 3. The highest BCUT2D eigenvalue weighted by molar-refractivity contribution is 5.22. The van der Waals surface area contributed by atoms with Crippen LogP contribution in [0.2, 0.25) is 0 Å². The van der Waals surface area contributed by atoms with E-state index in [1.807, 2.05) is 0 Å². The number of hydrogen-bond donors (Lipinski definition) is 1. The highest BCUT2D eigenvalue weighted by Crippen LogP contribution is 2.10. The average molecular weight is 219 g/mol. The Bertz CT molecular complexity index is 263. The molecule has 0 amide bonds. The third kappa shape index (κ3) is 5.32. The van der Waals surface area contributed by atoms with Crippen molar-refractivity contribution in [2.45, 2.75) is 51.9 Å². The van der Waals surface area contributed by atoms with Gasteiger partial charge in [-0.1, -0.05) is 44.0 Å². The van der Waals surface area contributed by atoms with Crippen LogP contribution in [0.25, 0.3) is 0 Å². The first-order chi connectivity index (χ1) is 7.86. The molecule has 0 aliphatic rings. The first-order valence-electron chi connectivity index (χ1n) is 6.64. The summed E-state index contributed by atoms with van der Waals surface area (Å²) in [5, 5.41) is 0. The van der Waals surface area contributed by atoms with Crippen molar-refractivity contribution >= 4 is 0 Å². The van der Waals surface area contributed by atoms with Crippen LogP contribution in [0, 0.1) is 0 Å². The average Bonchev–Trinajstić information content (AvgIpc) is 2.33. The largest absolute Gasteiger partial charge is 0.330 e. The summed E-state index contributed by atoms with van der Waals surface area (Å²) in [6.07, 6.45) is 8.70. The molecule has 2 N–H and O–H groups in total. The predicted octanol–water partition coefficient (Wildman–Crippen LogP) is 3.70. The Kier molecular flexibility index (Phi) is 6.91. The van der Waals surface area contributed by atoms with Gasteiger partial charge < -0.3 is 5.73 Å². The van der Waals surface area contributed by atoms with E-state index in [1.54, 1.807) is 0 Å². The Balaban J connectivity index is 2.27. The molecule has 0 saturated heterocycles. The summed E-state index contributed by atoms with van der Waals surface area (Å²) in [7, 11) is 0. The molecule has 90 valence electrons. The second-order valence-electron chi connectivity index (χ2n) is 4.52. The molecule has 0 bridgehead atoms. The summed E-state index contributed by atoms with van der Waals surface area (Å²) in [6, 6.07) is 9.14. The first-order valence-corrected chi connectivity index (χ1v) is 6.64. The molecule has 0 unspecified atom stereocenters. The fraction of sp³-hybridized carbons (Fsp3) is 0.600. The van der Waals surface area contributed by atoms with Crippen LogP contribution in [0.4, 0.5) is 0 Å². The molecular weight excluding hydrogens is 194 g/mol. The molecule has 0 aliphatic heterocycles. The van der Waals surface area contributed by atoms with Gasteiger partial charge in [0.15, 0.2) is 0 Å². The SMILES string of the molecule is CCCCc1ccc(CCCCCN)cc1. The predicted molar refractivity (Wildman–Crippen MR) is 71.7 cm³/mol. The summed E-state index contributed by atoms with van der Waals surface area (Å²) < 4.78 is 0. The van der Waals surface area contributed by atoms with Gasteiger partial charge in [0, 0.05) is 0 Å². The molecule has 0 spiro atoms. The lowest BCUT2D eigenvalue weighted by Gasteiger charge is -2.03. The smallest absolute Gasteiger partial charge is 0.00773 e. The molecule has 1 nitrogen and oxygen atoms in total. The van der Waals surface area contributed by atoms with Gasteiger partial charge in [0.1, 0.15) is 0 Å².